The van der Waals surface area contributed by atoms with E-state index >= 15 is 0 Å². The fraction of sp³-hybridized carbons (Fsp3) is 0.467. The van der Waals surface area contributed by atoms with Crippen molar-refractivity contribution < 1.29 is 4.74 Å². The zero-order valence-corrected chi connectivity index (χ0v) is 20.1. The molecule has 3 aromatic carbocycles. The highest BCUT2D eigenvalue weighted by molar-refractivity contribution is 5.84. The van der Waals surface area contributed by atoms with Crippen LogP contribution in [-0.2, 0) is 6.42 Å². The Bertz CT molecular complexity index is 1060. The lowest BCUT2D eigenvalue weighted by molar-refractivity contribution is 0.221. The molecular formula is C30H38N2O. The highest BCUT2D eigenvalue weighted by Crippen LogP contribution is 2.35. The summed E-state index contributed by atoms with van der Waals surface area (Å²) in [6.45, 7) is 8.11. The van der Waals surface area contributed by atoms with E-state index < -0.39 is 0 Å². The van der Waals surface area contributed by atoms with Crippen molar-refractivity contribution in [3.05, 3.63) is 71.8 Å². The van der Waals surface area contributed by atoms with Crippen LogP contribution < -0.4 is 9.64 Å². The summed E-state index contributed by atoms with van der Waals surface area (Å²) in [7, 11) is 0. The standard InChI is InChI=1S/C30H38N2O/c1-24(32-20-16-25-10-4-5-11-30(25)32)26-12-13-28-23-29(15-14-27(28)22-26)33-21-9-3-8-19-31-17-6-2-7-18-31/h4-5,10-15,22-24H,2-3,6-9,16-21H2,1H3/t24-/m0/s1. The third-order valence-electron chi connectivity index (χ3n) is 7.54. The van der Waals surface area contributed by atoms with Gasteiger partial charge in [0.2, 0.25) is 0 Å². The summed E-state index contributed by atoms with van der Waals surface area (Å²) in [5.74, 6) is 0.993. The molecule has 0 saturated carbocycles. The van der Waals surface area contributed by atoms with Gasteiger partial charge in [-0.15, -0.1) is 0 Å². The second-order valence-corrected chi connectivity index (χ2v) is 9.83. The molecule has 0 N–H and O–H groups in total. The Kier molecular flexibility index (Phi) is 7.16. The normalized spacial score (nSPS) is 17.3. The van der Waals surface area contributed by atoms with Crippen molar-refractivity contribution in [2.75, 3.05) is 37.7 Å². The van der Waals surface area contributed by atoms with Crippen LogP contribution in [0, 0.1) is 0 Å². The van der Waals surface area contributed by atoms with E-state index in [1.54, 1.807) is 0 Å². The number of anilines is 1. The summed E-state index contributed by atoms with van der Waals surface area (Å²) in [5.41, 5.74) is 4.24. The molecule has 0 spiro atoms. The number of ether oxygens (including phenoxy) is 1. The van der Waals surface area contributed by atoms with Crippen LogP contribution in [0.15, 0.2) is 60.7 Å². The quantitative estimate of drug-likeness (QED) is 0.332. The number of likely N-dealkylation sites (tertiary alicyclic amines) is 1. The predicted molar refractivity (Wildman–Crippen MR) is 139 cm³/mol. The molecule has 2 aliphatic heterocycles. The third kappa shape index (κ3) is 5.35. The fourth-order valence-corrected chi connectivity index (χ4v) is 5.53. The van der Waals surface area contributed by atoms with E-state index in [4.69, 9.17) is 4.74 Å². The zero-order chi connectivity index (χ0) is 22.5. The summed E-state index contributed by atoms with van der Waals surface area (Å²) < 4.78 is 6.08. The number of benzene rings is 3. The van der Waals surface area contributed by atoms with Gasteiger partial charge in [0.25, 0.3) is 0 Å². The van der Waals surface area contributed by atoms with Crippen LogP contribution in [0.25, 0.3) is 10.8 Å². The summed E-state index contributed by atoms with van der Waals surface area (Å²) >= 11 is 0. The molecular weight excluding hydrogens is 404 g/mol. The van der Waals surface area contributed by atoms with Crippen LogP contribution in [0.2, 0.25) is 0 Å². The van der Waals surface area contributed by atoms with Crippen LogP contribution in [0.5, 0.6) is 5.75 Å². The number of hydrogen-bond donors (Lipinski definition) is 0. The fourth-order valence-electron chi connectivity index (χ4n) is 5.53. The highest BCUT2D eigenvalue weighted by atomic mass is 16.5. The van der Waals surface area contributed by atoms with Gasteiger partial charge in [-0.2, -0.15) is 0 Å². The molecule has 3 heteroatoms. The Morgan fingerprint density at radius 2 is 1.64 bits per heavy atom. The van der Waals surface area contributed by atoms with Crippen LogP contribution in [-0.4, -0.2) is 37.7 Å². The van der Waals surface area contributed by atoms with Crippen LogP contribution in [0.4, 0.5) is 5.69 Å². The second kappa shape index (κ2) is 10.6. The lowest BCUT2D eigenvalue weighted by Gasteiger charge is -2.28. The number of nitrogens with zero attached hydrogens (tertiary/aromatic N) is 2. The molecule has 0 amide bonds. The van der Waals surface area contributed by atoms with Crippen LogP contribution in [0.3, 0.4) is 0 Å². The Morgan fingerprint density at radius 1 is 0.818 bits per heavy atom. The van der Waals surface area contributed by atoms with E-state index in [2.05, 4.69) is 77.4 Å². The van der Waals surface area contributed by atoms with Crippen LogP contribution in [0.1, 0.15) is 62.6 Å². The maximum atomic E-state index is 6.08. The average molecular weight is 443 g/mol. The van der Waals surface area contributed by atoms with Crippen molar-refractivity contribution in [1.29, 1.82) is 0 Å². The largest absolute Gasteiger partial charge is 0.494 e. The summed E-state index contributed by atoms with van der Waals surface area (Å²) in [5, 5.41) is 2.55. The molecule has 0 aliphatic carbocycles. The molecule has 0 unspecified atom stereocenters. The topological polar surface area (TPSA) is 15.7 Å². The molecule has 5 rings (SSSR count). The first-order chi connectivity index (χ1) is 16.3. The molecule has 1 saturated heterocycles. The molecule has 0 aromatic heterocycles. The van der Waals surface area contributed by atoms with Crippen LogP contribution >= 0.6 is 0 Å². The second-order valence-electron chi connectivity index (χ2n) is 9.83. The minimum absolute atomic E-state index is 0.374. The number of para-hydroxylation sites is 1. The molecule has 2 heterocycles. The first-order valence-corrected chi connectivity index (χ1v) is 13.0. The number of fused-ring (bicyclic) bond motifs is 2. The lowest BCUT2D eigenvalue weighted by atomic mass is 10.0. The Labute approximate surface area is 199 Å². The molecule has 174 valence electrons. The number of hydrogen-bond acceptors (Lipinski definition) is 3. The minimum atomic E-state index is 0.374. The Hall–Kier alpha value is -2.52. The van der Waals surface area contributed by atoms with Crippen molar-refractivity contribution >= 4 is 16.5 Å². The van der Waals surface area contributed by atoms with Crippen molar-refractivity contribution in [2.45, 2.75) is 57.9 Å². The molecule has 1 fully saturated rings. The van der Waals surface area contributed by atoms with Gasteiger partial charge in [0, 0.05) is 12.2 Å². The van der Waals surface area contributed by atoms with Gasteiger partial charge in [-0.1, -0.05) is 42.8 Å². The minimum Gasteiger partial charge on any atom is -0.494 e. The highest BCUT2D eigenvalue weighted by Gasteiger charge is 2.24. The number of piperidine rings is 1. The SMILES string of the molecule is C[C@@H](c1ccc2cc(OCCCCCN3CCCCC3)ccc2c1)N1CCc2ccccc21. The van der Waals surface area contributed by atoms with Crippen molar-refractivity contribution in [1.82, 2.24) is 4.90 Å². The molecule has 0 bridgehead atoms. The number of unbranched alkanes of at least 4 members (excludes halogenated alkanes) is 2. The van der Waals surface area contributed by atoms with E-state index in [0.29, 0.717) is 6.04 Å². The van der Waals surface area contributed by atoms with E-state index in [1.165, 1.54) is 79.3 Å². The number of rotatable bonds is 9. The van der Waals surface area contributed by atoms with Gasteiger partial charge in [-0.25, -0.2) is 0 Å². The van der Waals surface area contributed by atoms with Crippen molar-refractivity contribution in [3.8, 4) is 5.75 Å². The summed E-state index contributed by atoms with van der Waals surface area (Å²) in [4.78, 5) is 5.17. The summed E-state index contributed by atoms with van der Waals surface area (Å²) in [6.07, 6.45) is 9.03. The lowest BCUT2D eigenvalue weighted by Crippen LogP contribution is -2.30. The van der Waals surface area contributed by atoms with Crippen molar-refractivity contribution in [2.24, 2.45) is 0 Å². The summed E-state index contributed by atoms with van der Waals surface area (Å²) in [6, 6.07) is 22.7. The van der Waals surface area contributed by atoms with Gasteiger partial charge in [0.1, 0.15) is 5.75 Å². The molecule has 3 nitrogen and oxygen atoms in total. The van der Waals surface area contributed by atoms with Gasteiger partial charge in [0.05, 0.1) is 12.6 Å². The average Bonchev–Trinajstić information content (AvgIpc) is 3.30. The predicted octanol–water partition coefficient (Wildman–Crippen LogP) is 7.00. The zero-order valence-electron chi connectivity index (χ0n) is 20.1. The maximum Gasteiger partial charge on any atom is 0.119 e. The van der Waals surface area contributed by atoms with Gasteiger partial charge < -0.3 is 14.5 Å². The van der Waals surface area contributed by atoms with Gasteiger partial charge in [0.15, 0.2) is 0 Å². The first kappa shape index (κ1) is 22.3. The smallest absolute Gasteiger partial charge is 0.119 e. The van der Waals surface area contributed by atoms with Gasteiger partial charge in [-0.05, 0) is 111 Å². The monoisotopic (exact) mass is 442 g/mol. The first-order valence-electron chi connectivity index (χ1n) is 13.0. The molecule has 3 aromatic rings. The van der Waals surface area contributed by atoms with E-state index in [1.807, 2.05) is 0 Å². The maximum absolute atomic E-state index is 6.08. The van der Waals surface area contributed by atoms with E-state index in [9.17, 15) is 0 Å². The van der Waals surface area contributed by atoms with Gasteiger partial charge in [-0.3, -0.25) is 0 Å². The molecule has 33 heavy (non-hydrogen) atoms. The Morgan fingerprint density at radius 3 is 2.55 bits per heavy atom. The van der Waals surface area contributed by atoms with Crippen molar-refractivity contribution in [3.63, 3.8) is 0 Å². The van der Waals surface area contributed by atoms with E-state index in [0.717, 1.165) is 31.7 Å². The van der Waals surface area contributed by atoms with Gasteiger partial charge >= 0.3 is 0 Å². The van der Waals surface area contributed by atoms with E-state index in [-0.39, 0.29) is 0 Å². The molecule has 1 atom stereocenters. The third-order valence-corrected chi connectivity index (χ3v) is 7.54. The molecule has 2 aliphatic rings. The Balaban J connectivity index is 1.13. The molecule has 0 radical (unpaired) electrons.